The van der Waals surface area contributed by atoms with E-state index in [1.807, 2.05) is 31.2 Å². The van der Waals surface area contributed by atoms with Crippen LogP contribution in [0, 0.1) is 0 Å². The molecule has 1 aliphatic rings. The number of carbonyl (C=O) groups is 1. The number of ether oxygens (including phenoxy) is 1. The Morgan fingerprint density at radius 1 is 1.07 bits per heavy atom. The molecule has 5 nitrogen and oxygen atoms in total. The lowest BCUT2D eigenvalue weighted by molar-refractivity contribution is 0.0737. The molecule has 1 aromatic heterocycles. The summed E-state index contributed by atoms with van der Waals surface area (Å²) in [6.45, 7) is 5.14. The van der Waals surface area contributed by atoms with E-state index in [2.05, 4.69) is 6.92 Å². The normalized spacial score (nSPS) is 15.9. The van der Waals surface area contributed by atoms with Gasteiger partial charge in [0, 0.05) is 6.54 Å². The van der Waals surface area contributed by atoms with E-state index in [-0.39, 0.29) is 17.1 Å². The van der Waals surface area contributed by atoms with Gasteiger partial charge in [-0.3, -0.25) is 9.59 Å². The Bertz CT molecular complexity index is 1090. The summed E-state index contributed by atoms with van der Waals surface area (Å²) in [4.78, 5) is 27.9. The summed E-state index contributed by atoms with van der Waals surface area (Å²) in [7, 11) is 0. The summed E-state index contributed by atoms with van der Waals surface area (Å²) in [5, 5.41) is 0.493. The largest absolute Gasteiger partial charge is 0.494 e. The lowest BCUT2D eigenvalue weighted by Gasteiger charge is -2.23. The van der Waals surface area contributed by atoms with Gasteiger partial charge >= 0.3 is 0 Å². The van der Waals surface area contributed by atoms with Crippen molar-refractivity contribution in [3.63, 3.8) is 0 Å². The topological polar surface area (TPSA) is 59.8 Å². The number of nitrogens with zero attached hydrogens (tertiary/aromatic N) is 1. The highest BCUT2D eigenvalue weighted by atomic mass is 16.5. The maximum Gasteiger partial charge on any atom is 0.290 e. The highest BCUT2D eigenvalue weighted by molar-refractivity contribution is 5.99. The Morgan fingerprint density at radius 3 is 2.68 bits per heavy atom. The van der Waals surface area contributed by atoms with Gasteiger partial charge in [0.15, 0.2) is 5.43 Å². The lowest BCUT2D eigenvalue weighted by Crippen LogP contribution is -2.29. The Labute approximate surface area is 163 Å². The number of hydrogen-bond donors (Lipinski definition) is 0. The van der Waals surface area contributed by atoms with E-state index in [4.69, 9.17) is 9.15 Å². The zero-order valence-corrected chi connectivity index (χ0v) is 16.1. The minimum absolute atomic E-state index is 0.146. The quantitative estimate of drug-likeness (QED) is 0.592. The van der Waals surface area contributed by atoms with Crippen LogP contribution in [0.4, 0.5) is 0 Å². The molecule has 28 heavy (non-hydrogen) atoms. The van der Waals surface area contributed by atoms with E-state index in [1.165, 1.54) is 0 Å². The zero-order chi connectivity index (χ0) is 19.7. The van der Waals surface area contributed by atoms with Crippen LogP contribution < -0.4 is 10.2 Å². The molecule has 0 saturated heterocycles. The van der Waals surface area contributed by atoms with Gasteiger partial charge in [0.1, 0.15) is 11.3 Å². The number of carbonyl (C=O) groups excluding carboxylic acids is 1. The third-order valence-electron chi connectivity index (χ3n) is 5.15. The first-order chi connectivity index (χ1) is 13.7. The average Bonchev–Trinajstić information content (AvgIpc) is 3.01. The molecule has 0 unspecified atom stereocenters. The molecule has 0 bridgehead atoms. The summed E-state index contributed by atoms with van der Waals surface area (Å²) < 4.78 is 11.7. The zero-order valence-electron chi connectivity index (χ0n) is 16.1. The smallest absolute Gasteiger partial charge is 0.290 e. The molecule has 1 aliphatic heterocycles. The molecule has 1 amide bonds. The Hall–Kier alpha value is -3.08. The molecule has 3 aromatic rings. The molecule has 5 heteroatoms. The standard InChI is InChI=1S/C23H23NO4/c1-3-5-13-27-16-10-8-9-15(14-16)20-19-21(25)17-11-6-7-12-18(17)28-22(19)23(26)24(20)4-2/h6-12,14,20H,3-5,13H2,1-2H3/t20-/m0/s1. The van der Waals surface area contributed by atoms with Crippen LogP contribution in [0.15, 0.2) is 57.7 Å². The van der Waals surface area contributed by atoms with E-state index >= 15 is 0 Å². The van der Waals surface area contributed by atoms with Crippen LogP contribution in [-0.4, -0.2) is 24.0 Å². The van der Waals surface area contributed by atoms with Crippen LogP contribution >= 0.6 is 0 Å². The maximum absolute atomic E-state index is 13.2. The van der Waals surface area contributed by atoms with Crippen molar-refractivity contribution < 1.29 is 13.9 Å². The van der Waals surface area contributed by atoms with Gasteiger partial charge in [-0.15, -0.1) is 0 Å². The van der Waals surface area contributed by atoms with Gasteiger partial charge < -0.3 is 14.1 Å². The molecule has 0 aliphatic carbocycles. The van der Waals surface area contributed by atoms with Crippen molar-refractivity contribution in [2.24, 2.45) is 0 Å². The van der Waals surface area contributed by atoms with Gasteiger partial charge in [-0.1, -0.05) is 37.6 Å². The van der Waals surface area contributed by atoms with Crippen LogP contribution in [0.25, 0.3) is 11.0 Å². The second kappa shape index (κ2) is 7.50. The Kier molecular flexibility index (Phi) is 4.90. The van der Waals surface area contributed by atoms with Gasteiger partial charge in [-0.25, -0.2) is 0 Å². The second-order valence-electron chi connectivity index (χ2n) is 6.94. The highest BCUT2D eigenvalue weighted by Gasteiger charge is 2.41. The molecule has 0 fully saturated rings. The van der Waals surface area contributed by atoms with E-state index in [0.29, 0.717) is 29.7 Å². The minimum Gasteiger partial charge on any atom is -0.494 e. The van der Waals surface area contributed by atoms with E-state index in [1.54, 1.807) is 29.2 Å². The molecule has 2 aromatic carbocycles. The molecule has 4 rings (SSSR count). The van der Waals surface area contributed by atoms with Crippen molar-refractivity contribution in [3.8, 4) is 5.75 Å². The fourth-order valence-electron chi connectivity index (χ4n) is 3.75. The first-order valence-electron chi connectivity index (χ1n) is 9.75. The lowest BCUT2D eigenvalue weighted by atomic mass is 9.98. The van der Waals surface area contributed by atoms with Gasteiger partial charge in [-0.2, -0.15) is 0 Å². The second-order valence-corrected chi connectivity index (χ2v) is 6.94. The van der Waals surface area contributed by atoms with Crippen LogP contribution in [0.2, 0.25) is 0 Å². The summed E-state index contributed by atoms with van der Waals surface area (Å²) in [6, 6.07) is 14.2. The minimum atomic E-state index is -0.469. The number of hydrogen-bond acceptors (Lipinski definition) is 4. The van der Waals surface area contributed by atoms with Gasteiger partial charge in [0.25, 0.3) is 5.91 Å². The fourth-order valence-corrected chi connectivity index (χ4v) is 3.75. The molecule has 0 radical (unpaired) electrons. The van der Waals surface area contributed by atoms with Crippen LogP contribution in [0.1, 0.15) is 54.4 Å². The van der Waals surface area contributed by atoms with Crippen LogP contribution in [0.5, 0.6) is 5.75 Å². The molecular formula is C23H23NO4. The monoisotopic (exact) mass is 377 g/mol. The van der Waals surface area contributed by atoms with Crippen molar-refractivity contribution in [3.05, 3.63) is 75.6 Å². The van der Waals surface area contributed by atoms with Gasteiger partial charge in [0.2, 0.25) is 5.76 Å². The predicted molar refractivity (Wildman–Crippen MR) is 108 cm³/mol. The van der Waals surface area contributed by atoms with Crippen LogP contribution in [0.3, 0.4) is 0 Å². The van der Waals surface area contributed by atoms with Gasteiger partial charge in [-0.05, 0) is 43.2 Å². The predicted octanol–water partition coefficient (Wildman–Crippen LogP) is 4.54. The Morgan fingerprint density at radius 2 is 1.89 bits per heavy atom. The molecule has 2 heterocycles. The molecule has 0 N–H and O–H groups in total. The number of benzene rings is 2. The third-order valence-corrected chi connectivity index (χ3v) is 5.15. The molecule has 144 valence electrons. The molecular weight excluding hydrogens is 354 g/mol. The molecule has 0 saturated carbocycles. The first kappa shape index (κ1) is 18.3. The summed E-state index contributed by atoms with van der Waals surface area (Å²) in [5.74, 6) is 0.642. The summed E-state index contributed by atoms with van der Waals surface area (Å²) >= 11 is 0. The van der Waals surface area contributed by atoms with Crippen molar-refractivity contribution in [1.82, 2.24) is 4.90 Å². The van der Waals surface area contributed by atoms with Gasteiger partial charge in [0.05, 0.1) is 23.6 Å². The van der Waals surface area contributed by atoms with E-state index < -0.39 is 6.04 Å². The van der Waals surface area contributed by atoms with Crippen molar-refractivity contribution in [1.29, 1.82) is 0 Å². The fraction of sp³-hybridized carbons (Fsp3) is 0.304. The van der Waals surface area contributed by atoms with Crippen molar-refractivity contribution in [2.75, 3.05) is 13.2 Å². The van der Waals surface area contributed by atoms with Crippen molar-refractivity contribution >= 4 is 16.9 Å². The highest BCUT2D eigenvalue weighted by Crippen LogP contribution is 2.38. The van der Waals surface area contributed by atoms with E-state index in [0.717, 1.165) is 24.2 Å². The molecule has 0 spiro atoms. The van der Waals surface area contributed by atoms with Crippen LogP contribution in [-0.2, 0) is 0 Å². The van der Waals surface area contributed by atoms with E-state index in [9.17, 15) is 9.59 Å². The Balaban J connectivity index is 1.84. The number of fused-ring (bicyclic) bond motifs is 2. The first-order valence-corrected chi connectivity index (χ1v) is 9.75. The summed E-state index contributed by atoms with van der Waals surface area (Å²) in [6.07, 6.45) is 2.04. The SMILES string of the molecule is CCCCOc1cccc([C@H]2c3c(oc4ccccc4c3=O)C(=O)N2CC)c1. The number of para-hydroxylation sites is 1. The number of rotatable bonds is 6. The average molecular weight is 377 g/mol. The number of amides is 1. The van der Waals surface area contributed by atoms with Crippen molar-refractivity contribution in [2.45, 2.75) is 32.7 Å². The maximum atomic E-state index is 13.2. The molecule has 1 atom stereocenters. The third kappa shape index (κ3) is 2.97. The summed E-state index contributed by atoms with van der Waals surface area (Å²) in [5.41, 5.74) is 1.55. The number of unbranched alkanes of at least 4 members (excludes halogenated alkanes) is 1.